The van der Waals surface area contributed by atoms with E-state index in [4.69, 9.17) is 14.6 Å². The quantitative estimate of drug-likeness (QED) is 0.572. The summed E-state index contributed by atoms with van der Waals surface area (Å²) in [6.45, 7) is 0.804. The van der Waals surface area contributed by atoms with Gasteiger partial charge in [0, 0.05) is 5.92 Å². The molecule has 3 aromatic carbocycles. The van der Waals surface area contributed by atoms with Gasteiger partial charge in [-0.25, -0.2) is 0 Å². The second kappa shape index (κ2) is 8.65. The highest BCUT2D eigenvalue weighted by Gasteiger charge is 2.27. The topological polar surface area (TPSA) is 34.1 Å². The van der Waals surface area contributed by atoms with Crippen LogP contribution in [0.4, 0.5) is 5.69 Å². The Morgan fingerprint density at radius 1 is 0.793 bits per heavy atom. The second-order valence-electron chi connectivity index (χ2n) is 6.87. The van der Waals surface area contributed by atoms with Crippen molar-refractivity contribution in [3.63, 3.8) is 0 Å². The van der Waals surface area contributed by atoms with Gasteiger partial charge in [0.05, 0.1) is 32.2 Å². The van der Waals surface area contributed by atoms with Crippen LogP contribution >= 0.6 is 0 Å². The Balaban J connectivity index is 1.63. The van der Waals surface area contributed by atoms with Crippen molar-refractivity contribution in [2.45, 2.75) is 5.92 Å². The van der Waals surface area contributed by atoms with Gasteiger partial charge in [-0.05, 0) is 53.6 Å². The number of nitrogens with zero attached hydrogens (tertiary/aromatic N) is 2. The molecule has 3 aromatic rings. The fourth-order valence-corrected chi connectivity index (χ4v) is 3.44. The molecule has 4 rings (SSSR count). The summed E-state index contributed by atoms with van der Waals surface area (Å²) in [5.41, 5.74) is 4.47. The lowest BCUT2D eigenvalue weighted by atomic mass is 9.94. The predicted molar refractivity (Wildman–Crippen MR) is 119 cm³/mol. The third-order valence-electron chi connectivity index (χ3n) is 5.08. The summed E-state index contributed by atoms with van der Waals surface area (Å²) in [7, 11) is 3.36. The Morgan fingerprint density at radius 3 is 2.03 bits per heavy atom. The summed E-state index contributed by atoms with van der Waals surface area (Å²) in [5, 5.41) is 6.99. The van der Waals surface area contributed by atoms with E-state index in [1.165, 1.54) is 5.56 Å². The van der Waals surface area contributed by atoms with E-state index in [0.29, 0.717) is 0 Å². The lowest BCUT2D eigenvalue weighted by Gasteiger charge is -2.16. The van der Waals surface area contributed by atoms with Gasteiger partial charge in [-0.1, -0.05) is 48.5 Å². The number of hydrogen-bond acceptors (Lipinski definition) is 4. The van der Waals surface area contributed by atoms with E-state index < -0.39 is 0 Å². The zero-order chi connectivity index (χ0) is 20.1. The SMILES string of the molecule is COc1ccc(C=CC2=NN(c3ccccc3)C[C@H]2c2ccc(OC)cc2)cc1. The van der Waals surface area contributed by atoms with Crippen molar-refractivity contribution in [1.82, 2.24) is 0 Å². The zero-order valence-electron chi connectivity index (χ0n) is 16.7. The number of methoxy groups -OCH3 is 2. The minimum absolute atomic E-state index is 0.190. The van der Waals surface area contributed by atoms with E-state index in [9.17, 15) is 0 Å². The van der Waals surface area contributed by atoms with Crippen LogP contribution in [0.5, 0.6) is 11.5 Å². The first-order valence-electron chi connectivity index (χ1n) is 9.64. The molecule has 4 nitrogen and oxygen atoms in total. The van der Waals surface area contributed by atoms with Crippen LogP contribution in [0.2, 0.25) is 0 Å². The van der Waals surface area contributed by atoms with Crippen LogP contribution in [0, 0.1) is 0 Å². The molecule has 1 aliphatic rings. The van der Waals surface area contributed by atoms with Crippen molar-refractivity contribution in [1.29, 1.82) is 0 Å². The second-order valence-corrected chi connectivity index (χ2v) is 6.87. The molecule has 0 spiro atoms. The molecule has 1 aliphatic heterocycles. The molecule has 0 aromatic heterocycles. The summed E-state index contributed by atoms with van der Waals surface area (Å²) in [5.74, 6) is 1.90. The van der Waals surface area contributed by atoms with Gasteiger partial charge in [0.2, 0.25) is 0 Å². The Kier molecular flexibility index (Phi) is 5.61. The van der Waals surface area contributed by atoms with E-state index in [1.807, 2.05) is 54.6 Å². The third-order valence-corrected chi connectivity index (χ3v) is 5.08. The van der Waals surface area contributed by atoms with Gasteiger partial charge in [-0.3, -0.25) is 5.01 Å². The minimum Gasteiger partial charge on any atom is -0.497 e. The Labute approximate surface area is 171 Å². The monoisotopic (exact) mass is 384 g/mol. The number of rotatable bonds is 6. The van der Waals surface area contributed by atoms with Crippen molar-refractivity contribution in [2.24, 2.45) is 5.10 Å². The van der Waals surface area contributed by atoms with Crippen LogP contribution in [0.15, 0.2) is 90.0 Å². The zero-order valence-corrected chi connectivity index (χ0v) is 16.7. The van der Waals surface area contributed by atoms with Crippen LogP contribution in [-0.2, 0) is 0 Å². The molecule has 1 atom stereocenters. The van der Waals surface area contributed by atoms with Crippen LogP contribution in [0.3, 0.4) is 0 Å². The van der Waals surface area contributed by atoms with Gasteiger partial charge in [0.25, 0.3) is 0 Å². The Morgan fingerprint density at radius 2 is 1.41 bits per heavy atom. The number of anilines is 1. The molecule has 1 heterocycles. The predicted octanol–water partition coefficient (Wildman–Crippen LogP) is 5.38. The van der Waals surface area contributed by atoms with E-state index in [1.54, 1.807) is 14.2 Å². The number of ether oxygens (including phenoxy) is 2. The smallest absolute Gasteiger partial charge is 0.118 e. The molecular weight excluding hydrogens is 360 g/mol. The number of hydrazone groups is 1. The standard InChI is InChI=1S/C25H24N2O2/c1-28-22-13-8-19(9-14-22)10-17-25-24(20-11-15-23(29-2)16-12-20)18-27(26-25)21-6-4-3-5-7-21/h3-17,24H,18H2,1-2H3/t24-/m0/s1. The van der Waals surface area contributed by atoms with Crippen molar-refractivity contribution in [2.75, 3.05) is 25.8 Å². The van der Waals surface area contributed by atoms with Crippen LogP contribution in [-0.4, -0.2) is 26.5 Å². The van der Waals surface area contributed by atoms with Gasteiger partial charge < -0.3 is 9.47 Å². The van der Waals surface area contributed by atoms with Crippen molar-refractivity contribution in [3.8, 4) is 11.5 Å². The summed E-state index contributed by atoms with van der Waals surface area (Å²) in [6.07, 6.45) is 4.21. The summed E-state index contributed by atoms with van der Waals surface area (Å²) in [6, 6.07) is 26.5. The molecule has 0 saturated heterocycles. The Hall–Kier alpha value is -3.53. The molecule has 0 aliphatic carbocycles. The minimum atomic E-state index is 0.190. The third kappa shape index (κ3) is 4.32. The highest BCUT2D eigenvalue weighted by Crippen LogP contribution is 2.31. The highest BCUT2D eigenvalue weighted by atomic mass is 16.5. The lowest BCUT2D eigenvalue weighted by Crippen LogP contribution is -2.17. The van der Waals surface area contributed by atoms with E-state index in [-0.39, 0.29) is 5.92 Å². The highest BCUT2D eigenvalue weighted by molar-refractivity contribution is 6.05. The fourth-order valence-electron chi connectivity index (χ4n) is 3.44. The first kappa shape index (κ1) is 18.8. The van der Waals surface area contributed by atoms with Gasteiger partial charge in [0.15, 0.2) is 0 Å². The molecule has 146 valence electrons. The molecule has 0 bridgehead atoms. The molecule has 0 radical (unpaired) electrons. The number of hydrogen-bond donors (Lipinski definition) is 0. The summed E-state index contributed by atoms with van der Waals surface area (Å²) < 4.78 is 10.5. The molecule has 0 fully saturated rings. The summed E-state index contributed by atoms with van der Waals surface area (Å²) in [4.78, 5) is 0. The fraction of sp³-hybridized carbons (Fsp3) is 0.160. The maximum absolute atomic E-state index is 5.31. The van der Waals surface area contributed by atoms with Crippen LogP contribution in [0.25, 0.3) is 6.08 Å². The Bertz CT molecular complexity index is 993. The number of benzene rings is 3. The maximum atomic E-state index is 5.31. The van der Waals surface area contributed by atoms with Gasteiger partial charge in [-0.15, -0.1) is 0 Å². The molecule has 0 saturated carbocycles. The van der Waals surface area contributed by atoms with Gasteiger partial charge >= 0.3 is 0 Å². The van der Waals surface area contributed by atoms with Crippen molar-refractivity contribution >= 4 is 17.5 Å². The maximum Gasteiger partial charge on any atom is 0.118 e. The first-order chi connectivity index (χ1) is 14.3. The van der Waals surface area contributed by atoms with Crippen molar-refractivity contribution < 1.29 is 9.47 Å². The van der Waals surface area contributed by atoms with Crippen molar-refractivity contribution in [3.05, 3.63) is 96.1 Å². The van der Waals surface area contributed by atoms with Crippen LogP contribution in [0.1, 0.15) is 17.0 Å². The lowest BCUT2D eigenvalue weighted by molar-refractivity contribution is 0.414. The summed E-state index contributed by atoms with van der Waals surface area (Å²) >= 11 is 0. The largest absolute Gasteiger partial charge is 0.497 e. The van der Waals surface area contributed by atoms with Gasteiger partial charge in [-0.2, -0.15) is 5.10 Å². The molecule has 0 amide bonds. The normalized spacial score (nSPS) is 16.1. The van der Waals surface area contributed by atoms with E-state index >= 15 is 0 Å². The molecule has 4 heteroatoms. The molecule has 0 unspecified atom stereocenters. The van der Waals surface area contributed by atoms with E-state index in [2.05, 4.69) is 41.4 Å². The number of allylic oxidation sites excluding steroid dienone is 1. The average molecular weight is 384 g/mol. The van der Waals surface area contributed by atoms with E-state index in [0.717, 1.165) is 35.0 Å². The number of para-hydroxylation sites is 1. The molecular formula is C25H24N2O2. The molecule has 0 N–H and O–H groups in total. The van der Waals surface area contributed by atoms with Gasteiger partial charge in [0.1, 0.15) is 11.5 Å². The average Bonchev–Trinajstić information content (AvgIpc) is 3.23. The molecule has 29 heavy (non-hydrogen) atoms. The first-order valence-corrected chi connectivity index (χ1v) is 9.64. The van der Waals surface area contributed by atoms with Crippen LogP contribution < -0.4 is 14.5 Å².